The minimum Gasteiger partial charge on any atom is -0.368 e. The molecule has 2 aromatic rings. The fourth-order valence-corrected chi connectivity index (χ4v) is 4.37. The summed E-state index contributed by atoms with van der Waals surface area (Å²) in [6.45, 7) is 4.55. The lowest BCUT2D eigenvalue weighted by Crippen LogP contribution is -2.51. The fraction of sp³-hybridized carbons (Fsp3) is 0.360. The molecular formula is C25H27ClN4O4. The molecule has 178 valence electrons. The first-order valence-electron chi connectivity index (χ1n) is 11.4. The minimum absolute atomic E-state index is 0.0634. The van der Waals surface area contributed by atoms with Crippen molar-refractivity contribution >= 4 is 40.9 Å². The van der Waals surface area contributed by atoms with E-state index in [4.69, 9.17) is 11.6 Å². The molecule has 9 heteroatoms. The molecule has 2 aliphatic rings. The third kappa shape index (κ3) is 5.22. The molecule has 8 nitrogen and oxygen atoms in total. The maximum atomic E-state index is 12.5. The molecule has 4 amide bonds. The number of hydrogen-bond donors (Lipinski definition) is 1. The van der Waals surface area contributed by atoms with Crippen LogP contribution in [0.25, 0.3) is 0 Å². The van der Waals surface area contributed by atoms with Gasteiger partial charge in [0.15, 0.2) is 0 Å². The van der Waals surface area contributed by atoms with E-state index in [0.717, 1.165) is 11.3 Å². The van der Waals surface area contributed by atoms with Gasteiger partial charge in [0.25, 0.3) is 11.8 Å². The standard InChI is InChI=1S/C25H27ClN4O4/c1-17-4-9-20-21(15-17)25(34)30(24(20)33)10-2-3-22(31)27-16-23(32)29-13-11-28(12-14-29)19-7-5-18(26)6-8-19/h4-9,15H,2-3,10-14,16H2,1H3,(H,27,31). The third-order valence-electron chi connectivity index (χ3n) is 6.17. The summed E-state index contributed by atoms with van der Waals surface area (Å²) in [5, 5.41) is 3.34. The summed E-state index contributed by atoms with van der Waals surface area (Å²) in [6, 6.07) is 12.8. The Morgan fingerprint density at radius 1 is 0.941 bits per heavy atom. The van der Waals surface area contributed by atoms with Crippen LogP contribution in [0.1, 0.15) is 39.1 Å². The molecule has 2 aromatic carbocycles. The van der Waals surface area contributed by atoms with Crippen molar-refractivity contribution in [2.24, 2.45) is 0 Å². The number of nitrogens with zero attached hydrogens (tertiary/aromatic N) is 3. The first-order valence-corrected chi connectivity index (χ1v) is 11.7. The normalized spacial score (nSPS) is 15.5. The van der Waals surface area contributed by atoms with Crippen LogP contribution in [0.5, 0.6) is 0 Å². The molecule has 0 aliphatic carbocycles. The highest BCUT2D eigenvalue weighted by Gasteiger charge is 2.35. The molecule has 1 fully saturated rings. The van der Waals surface area contributed by atoms with Gasteiger partial charge in [-0.05, 0) is 49.7 Å². The number of halogens is 1. The van der Waals surface area contributed by atoms with Crippen LogP contribution in [0.4, 0.5) is 5.69 Å². The predicted molar refractivity (Wildman–Crippen MR) is 129 cm³/mol. The molecule has 0 radical (unpaired) electrons. The average Bonchev–Trinajstić information content (AvgIpc) is 3.07. The van der Waals surface area contributed by atoms with Gasteiger partial charge in [-0.2, -0.15) is 0 Å². The van der Waals surface area contributed by atoms with Crippen LogP contribution in [0.15, 0.2) is 42.5 Å². The average molecular weight is 483 g/mol. The van der Waals surface area contributed by atoms with Crippen molar-refractivity contribution in [2.45, 2.75) is 19.8 Å². The zero-order valence-corrected chi connectivity index (χ0v) is 19.8. The highest BCUT2D eigenvalue weighted by Crippen LogP contribution is 2.24. The van der Waals surface area contributed by atoms with Crippen LogP contribution in [-0.4, -0.2) is 72.7 Å². The van der Waals surface area contributed by atoms with E-state index in [1.54, 1.807) is 23.1 Å². The van der Waals surface area contributed by atoms with Crippen LogP contribution in [0, 0.1) is 6.92 Å². The van der Waals surface area contributed by atoms with Gasteiger partial charge in [0.05, 0.1) is 17.7 Å². The van der Waals surface area contributed by atoms with Crippen molar-refractivity contribution in [3.63, 3.8) is 0 Å². The number of hydrogen-bond acceptors (Lipinski definition) is 5. The van der Waals surface area contributed by atoms with Gasteiger partial charge >= 0.3 is 0 Å². The summed E-state index contributed by atoms with van der Waals surface area (Å²) in [5.74, 6) is -1.05. The van der Waals surface area contributed by atoms with Crippen molar-refractivity contribution in [2.75, 3.05) is 44.2 Å². The van der Waals surface area contributed by atoms with Crippen molar-refractivity contribution in [1.29, 1.82) is 0 Å². The summed E-state index contributed by atoms with van der Waals surface area (Å²) in [5.41, 5.74) is 2.80. The molecule has 2 aliphatic heterocycles. The van der Waals surface area contributed by atoms with Gasteiger partial charge in [0.2, 0.25) is 11.8 Å². The second-order valence-electron chi connectivity index (χ2n) is 8.54. The number of piperazine rings is 1. The van der Waals surface area contributed by atoms with Crippen molar-refractivity contribution in [3.8, 4) is 0 Å². The number of anilines is 1. The Bertz CT molecular complexity index is 1110. The summed E-state index contributed by atoms with van der Waals surface area (Å²) in [6.07, 6.45) is 0.467. The number of nitrogens with one attached hydrogen (secondary N) is 1. The number of rotatable bonds is 7. The lowest BCUT2D eigenvalue weighted by molar-refractivity contribution is -0.133. The number of fused-ring (bicyclic) bond motifs is 1. The molecule has 34 heavy (non-hydrogen) atoms. The Balaban J connectivity index is 1.16. The van der Waals surface area contributed by atoms with Crippen molar-refractivity contribution in [1.82, 2.24) is 15.1 Å². The van der Waals surface area contributed by atoms with Crippen LogP contribution in [-0.2, 0) is 9.59 Å². The topological polar surface area (TPSA) is 90.0 Å². The largest absolute Gasteiger partial charge is 0.368 e. The first-order chi connectivity index (χ1) is 16.3. The monoisotopic (exact) mass is 482 g/mol. The zero-order chi connectivity index (χ0) is 24.2. The smallest absolute Gasteiger partial charge is 0.261 e. The molecule has 1 N–H and O–H groups in total. The Labute approximate surface area is 203 Å². The van der Waals surface area contributed by atoms with Gasteiger partial charge in [0.1, 0.15) is 0 Å². The number of imide groups is 1. The van der Waals surface area contributed by atoms with E-state index in [2.05, 4.69) is 10.2 Å². The molecule has 0 aromatic heterocycles. The van der Waals surface area contributed by atoms with E-state index < -0.39 is 0 Å². The number of carbonyl (C=O) groups excluding carboxylic acids is 4. The number of carbonyl (C=O) groups is 4. The number of amides is 4. The van der Waals surface area contributed by atoms with E-state index in [9.17, 15) is 19.2 Å². The Hall–Kier alpha value is -3.39. The maximum absolute atomic E-state index is 12.5. The van der Waals surface area contributed by atoms with Gasteiger partial charge in [-0.25, -0.2) is 0 Å². The first kappa shape index (κ1) is 23.8. The Kier molecular flexibility index (Phi) is 7.17. The predicted octanol–water partition coefficient (Wildman–Crippen LogP) is 2.49. The lowest BCUT2D eigenvalue weighted by atomic mass is 10.1. The van der Waals surface area contributed by atoms with Crippen molar-refractivity contribution in [3.05, 3.63) is 64.2 Å². The summed E-state index contributed by atoms with van der Waals surface area (Å²) >= 11 is 5.94. The van der Waals surface area contributed by atoms with Gasteiger partial charge in [-0.3, -0.25) is 24.1 Å². The molecule has 4 rings (SSSR count). The molecule has 0 saturated carbocycles. The lowest BCUT2D eigenvalue weighted by Gasteiger charge is -2.36. The van der Waals surface area contributed by atoms with Gasteiger partial charge in [-0.1, -0.05) is 23.2 Å². The number of benzene rings is 2. The van der Waals surface area contributed by atoms with E-state index >= 15 is 0 Å². The number of aryl methyl sites for hydroxylation is 1. The molecule has 2 heterocycles. The van der Waals surface area contributed by atoms with E-state index in [-0.39, 0.29) is 43.1 Å². The van der Waals surface area contributed by atoms with Crippen molar-refractivity contribution < 1.29 is 19.2 Å². The molecular weight excluding hydrogens is 456 g/mol. The summed E-state index contributed by atoms with van der Waals surface area (Å²) < 4.78 is 0. The van der Waals surface area contributed by atoms with Crippen LogP contribution in [0.2, 0.25) is 5.02 Å². The highest BCUT2D eigenvalue weighted by molar-refractivity contribution is 6.30. The maximum Gasteiger partial charge on any atom is 0.261 e. The quantitative estimate of drug-likeness (QED) is 0.612. The van der Waals surface area contributed by atoms with Crippen LogP contribution in [0.3, 0.4) is 0 Å². The zero-order valence-electron chi connectivity index (χ0n) is 19.1. The highest BCUT2D eigenvalue weighted by atomic mass is 35.5. The summed E-state index contributed by atoms with van der Waals surface area (Å²) in [7, 11) is 0. The van der Waals surface area contributed by atoms with E-state index in [0.29, 0.717) is 48.7 Å². The van der Waals surface area contributed by atoms with Gasteiger partial charge in [0, 0.05) is 49.9 Å². The molecule has 1 saturated heterocycles. The van der Waals surface area contributed by atoms with Gasteiger partial charge in [-0.15, -0.1) is 0 Å². The summed E-state index contributed by atoms with van der Waals surface area (Å²) in [4.78, 5) is 54.8. The molecule has 0 bridgehead atoms. The second-order valence-corrected chi connectivity index (χ2v) is 8.97. The van der Waals surface area contributed by atoms with Crippen LogP contribution >= 0.6 is 11.6 Å². The Morgan fingerprint density at radius 2 is 1.62 bits per heavy atom. The van der Waals surface area contributed by atoms with Crippen LogP contribution < -0.4 is 10.2 Å². The molecule has 0 spiro atoms. The Morgan fingerprint density at radius 3 is 2.32 bits per heavy atom. The third-order valence-corrected chi connectivity index (χ3v) is 6.42. The van der Waals surface area contributed by atoms with Gasteiger partial charge < -0.3 is 15.1 Å². The minimum atomic E-state index is -0.326. The molecule has 0 atom stereocenters. The fourth-order valence-electron chi connectivity index (χ4n) is 4.25. The van der Waals surface area contributed by atoms with E-state index in [1.807, 2.05) is 31.2 Å². The SMILES string of the molecule is Cc1ccc2c(c1)C(=O)N(CCCC(=O)NCC(=O)N1CCN(c3ccc(Cl)cc3)CC1)C2=O. The molecule has 0 unspecified atom stereocenters. The van der Waals surface area contributed by atoms with E-state index in [1.165, 1.54) is 4.90 Å². The second kappa shape index (κ2) is 10.3.